The van der Waals surface area contributed by atoms with Gasteiger partial charge in [-0.25, -0.2) is 0 Å². The number of piperazine rings is 1. The van der Waals surface area contributed by atoms with Crippen LogP contribution in [-0.4, -0.2) is 54.7 Å². The molecule has 17 heavy (non-hydrogen) atoms. The van der Waals surface area contributed by atoms with Crippen LogP contribution in [0, 0.1) is 0 Å². The van der Waals surface area contributed by atoms with Gasteiger partial charge in [-0.2, -0.15) is 4.98 Å². The van der Waals surface area contributed by atoms with Crippen LogP contribution in [0.15, 0.2) is 4.52 Å². The van der Waals surface area contributed by atoms with Crippen molar-refractivity contribution in [2.24, 2.45) is 0 Å². The Labute approximate surface area is 99.6 Å². The minimum atomic E-state index is -0.0756. The zero-order valence-electron chi connectivity index (χ0n) is 10.1. The van der Waals surface area contributed by atoms with Crippen LogP contribution in [0.1, 0.15) is 17.8 Å². The van der Waals surface area contributed by atoms with Crippen LogP contribution in [-0.2, 0) is 11.2 Å². The lowest BCUT2D eigenvalue weighted by atomic mass is 10.2. The van der Waals surface area contributed by atoms with E-state index < -0.39 is 0 Å². The average Bonchev–Trinajstić information content (AvgIpc) is 2.76. The first kappa shape index (κ1) is 12.0. The van der Waals surface area contributed by atoms with Gasteiger partial charge in [0.1, 0.15) is 6.04 Å². The number of likely N-dealkylation sites (N-methyl/N-ethyl adjacent to an activating group) is 1. The number of aromatic nitrogens is 2. The Morgan fingerprint density at radius 1 is 1.53 bits per heavy atom. The van der Waals surface area contributed by atoms with E-state index in [0.717, 1.165) is 13.0 Å². The molecule has 1 aliphatic rings. The summed E-state index contributed by atoms with van der Waals surface area (Å²) < 4.78 is 5.18. The van der Waals surface area contributed by atoms with Gasteiger partial charge >= 0.3 is 0 Å². The average molecular weight is 239 g/mol. The summed E-state index contributed by atoms with van der Waals surface area (Å²) in [6, 6.07) is -0.0756. The van der Waals surface area contributed by atoms with Crippen molar-refractivity contribution in [2.45, 2.75) is 12.5 Å². The van der Waals surface area contributed by atoms with Gasteiger partial charge in [0.25, 0.3) is 0 Å². The fourth-order valence-corrected chi connectivity index (χ4v) is 1.58. The fourth-order valence-electron chi connectivity index (χ4n) is 1.58. The second-order valence-electron chi connectivity index (χ2n) is 4.34. The summed E-state index contributed by atoms with van der Waals surface area (Å²) in [5, 5.41) is 9.71. The van der Waals surface area contributed by atoms with E-state index in [1.807, 2.05) is 14.1 Å². The molecule has 1 atom stereocenters. The number of nitrogens with zero attached hydrogens (tertiary/aromatic N) is 3. The minimum Gasteiger partial charge on any atom is -0.353 e. The smallest absolute Gasteiger partial charge is 0.245 e. The van der Waals surface area contributed by atoms with E-state index in [4.69, 9.17) is 4.52 Å². The second kappa shape index (κ2) is 5.24. The number of nitrogens with one attached hydrogen (secondary N) is 2. The van der Waals surface area contributed by atoms with Gasteiger partial charge in [0.05, 0.1) is 6.54 Å². The Bertz CT molecular complexity index is 380. The fraction of sp³-hybridized carbons (Fsp3) is 0.700. The zero-order valence-corrected chi connectivity index (χ0v) is 10.1. The minimum absolute atomic E-state index is 0.00593. The maximum atomic E-state index is 11.0. The van der Waals surface area contributed by atoms with Gasteiger partial charge in [-0.15, -0.1) is 0 Å². The molecule has 94 valence electrons. The van der Waals surface area contributed by atoms with Crippen molar-refractivity contribution >= 4 is 5.91 Å². The van der Waals surface area contributed by atoms with Crippen molar-refractivity contribution in [1.82, 2.24) is 25.7 Å². The second-order valence-corrected chi connectivity index (χ2v) is 4.34. The van der Waals surface area contributed by atoms with E-state index in [0.29, 0.717) is 24.8 Å². The van der Waals surface area contributed by atoms with Crippen molar-refractivity contribution in [2.75, 3.05) is 33.7 Å². The van der Waals surface area contributed by atoms with Gasteiger partial charge in [0.2, 0.25) is 11.8 Å². The largest absolute Gasteiger partial charge is 0.353 e. The molecule has 7 nitrogen and oxygen atoms in total. The molecule has 1 amide bonds. The molecule has 1 fully saturated rings. The highest BCUT2D eigenvalue weighted by Crippen LogP contribution is 2.11. The summed E-state index contributed by atoms with van der Waals surface area (Å²) in [4.78, 5) is 17.4. The zero-order chi connectivity index (χ0) is 12.3. The lowest BCUT2D eigenvalue weighted by Gasteiger charge is -2.20. The van der Waals surface area contributed by atoms with Gasteiger partial charge < -0.3 is 14.7 Å². The summed E-state index contributed by atoms with van der Waals surface area (Å²) in [5.41, 5.74) is 0. The van der Waals surface area contributed by atoms with Crippen LogP contribution < -0.4 is 10.6 Å². The highest BCUT2D eigenvalue weighted by Gasteiger charge is 2.23. The molecular formula is C10H17N5O2. The molecule has 0 aromatic carbocycles. The molecule has 2 rings (SSSR count). The van der Waals surface area contributed by atoms with Crippen molar-refractivity contribution in [3.05, 3.63) is 11.7 Å². The summed E-state index contributed by atoms with van der Waals surface area (Å²) in [7, 11) is 4.00. The first-order valence-corrected chi connectivity index (χ1v) is 5.62. The third-order valence-electron chi connectivity index (χ3n) is 2.58. The number of carbonyl (C=O) groups is 1. The van der Waals surface area contributed by atoms with Gasteiger partial charge in [-0.05, 0) is 14.1 Å². The maximum absolute atomic E-state index is 11.0. The molecule has 1 saturated heterocycles. The number of amides is 1. The molecule has 1 aromatic heterocycles. The lowest BCUT2D eigenvalue weighted by molar-refractivity contribution is -0.121. The molecule has 7 heteroatoms. The molecule has 2 heterocycles. The molecule has 0 aliphatic carbocycles. The van der Waals surface area contributed by atoms with Gasteiger partial charge in [0.15, 0.2) is 5.82 Å². The van der Waals surface area contributed by atoms with Crippen molar-refractivity contribution in [3.63, 3.8) is 0 Å². The van der Waals surface area contributed by atoms with Crippen LogP contribution in [0.25, 0.3) is 0 Å². The van der Waals surface area contributed by atoms with Crippen molar-refractivity contribution < 1.29 is 9.32 Å². The summed E-state index contributed by atoms with van der Waals surface area (Å²) >= 11 is 0. The SMILES string of the molecule is CN(C)CCc1noc(C2CNC(=O)CN2)n1. The molecule has 2 N–H and O–H groups in total. The van der Waals surface area contributed by atoms with Gasteiger partial charge in [0, 0.05) is 19.5 Å². The molecule has 1 aromatic rings. The number of hydrogen-bond donors (Lipinski definition) is 2. The van der Waals surface area contributed by atoms with Gasteiger partial charge in [-0.3, -0.25) is 10.1 Å². The van der Waals surface area contributed by atoms with E-state index in [1.54, 1.807) is 0 Å². The van der Waals surface area contributed by atoms with E-state index in [9.17, 15) is 4.79 Å². The Kier molecular flexibility index (Phi) is 3.70. The predicted molar refractivity (Wildman–Crippen MR) is 60.3 cm³/mol. The summed E-state index contributed by atoms with van der Waals surface area (Å²) in [6.07, 6.45) is 0.760. The van der Waals surface area contributed by atoms with Crippen LogP contribution in [0.4, 0.5) is 0 Å². The Hall–Kier alpha value is -1.47. The quantitative estimate of drug-likeness (QED) is 0.696. The molecule has 1 unspecified atom stereocenters. The third-order valence-corrected chi connectivity index (χ3v) is 2.58. The van der Waals surface area contributed by atoms with Crippen LogP contribution in [0.2, 0.25) is 0 Å². The first-order valence-electron chi connectivity index (χ1n) is 5.62. The Morgan fingerprint density at radius 2 is 2.35 bits per heavy atom. The predicted octanol–water partition coefficient (Wildman–Crippen LogP) is -1.07. The van der Waals surface area contributed by atoms with E-state index in [2.05, 4.69) is 25.7 Å². The third kappa shape index (κ3) is 3.24. The van der Waals surface area contributed by atoms with Crippen molar-refractivity contribution in [3.8, 4) is 0 Å². The molecule has 0 bridgehead atoms. The van der Waals surface area contributed by atoms with Crippen LogP contribution in [0.3, 0.4) is 0 Å². The van der Waals surface area contributed by atoms with Gasteiger partial charge in [-0.1, -0.05) is 5.16 Å². The lowest BCUT2D eigenvalue weighted by Crippen LogP contribution is -2.47. The highest BCUT2D eigenvalue weighted by molar-refractivity contribution is 5.78. The van der Waals surface area contributed by atoms with Crippen LogP contribution in [0.5, 0.6) is 0 Å². The maximum Gasteiger partial charge on any atom is 0.245 e. The summed E-state index contributed by atoms with van der Waals surface area (Å²) in [6.45, 7) is 1.67. The summed E-state index contributed by atoms with van der Waals surface area (Å²) in [5.74, 6) is 1.24. The van der Waals surface area contributed by atoms with Crippen LogP contribution >= 0.6 is 0 Å². The highest BCUT2D eigenvalue weighted by atomic mass is 16.5. The van der Waals surface area contributed by atoms with E-state index >= 15 is 0 Å². The Balaban J connectivity index is 1.91. The molecule has 0 spiro atoms. The monoisotopic (exact) mass is 239 g/mol. The van der Waals surface area contributed by atoms with Crippen molar-refractivity contribution in [1.29, 1.82) is 0 Å². The molecule has 1 aliphatic heterocycles. The van der Waals surface area contributed by atoms with E-state index in [1.165, 1.54) is 0 Å². The molecule has 0 radical (unpaired) electrons. The molecular weight excluding hydrogens is 222 g/mol. The number of rotatable bonds is 4. The normalized spacial score (nSPS) is 20.6. The first-order chi connectivity index (χ1) is 8.15. The Morgan fingerprint density at radius 3 is 3.00 bits per heavy atom. The van der Waals surface area contributed by atoms with E-state index in [-0.39, 0.29) is 11.9 Å². The number of carbonyl (C=O) groups excluding carboxylic acids is 1. The number of hydrogen-bond acceptors (Lipinski definition) is 6. The molecule has 0 saturated carbocycles. The topological polar surface area (TPSA) is 83.3 Å². The standard InChI is InChI=1S/C10H17N5O2/c1-15(2)4-3-8-13-10(17-14-8)7-5-12-9(16)6-11-7/h7,11H,3-6H2,1-2H3,(H,12,16).